The highest BCUT2D eigenvalue weighted by Gasteiger charge is 2.16. The number of rotatable bonds is 6. The smallest absolute Gasteiger partial charge is 0.206 e. The third-order valence-electron chi connectivity index (χ3n) is 3.16. The first-order valence-corrected chi connectivity index (χ1v) is 9.52. The predicted octanol–water partition coefficient (Wildman–Crippen LogP) is 4.47. The molecule has 2 aromatic heterocycles. The molecule has 0 bridgehead atoms. The Hall–Kier alpha value is -1.44. The van der Waals surface area contributed by atoms with Gasteiger partial charge in [0.05, 0.1) is 10.6 Å². The normalized spacial score (nSPS) is 11.0. The average Bonchev–Trinajstić information content (AvgIpc) is 3.11. The van der Waals surface area contributed by atoms with E-state index >= 15 is 0 Å². The number of thioether (sulfide) groups is 1. The highest BCUT2D eigenvalue weighted by molar-refractivity contribution is 8.01. The minimum atomic E-state index is 0.156. The van der Waals surface area contributed by atoms with Crippen molar-refractivity contribution in [3.63, 3.8) is 0 Å². The van der Waals surface area contributed by atoms with Gasteiger partial charge in [-0.25, -0.2) is 0 Å². The first kappa shape index (κ1) is 15.5. The summed E-state index contributed by atoms with van der Waals surface area (Å²) >= 11 is 4.51. The van der Waals surface area contributed by atoms with Gasteiger partial charge < -0.3 is 5.32 Å². The maximum atomic E-state index is 12.5. The lowest BCUT2D eigenvalue weighted by Gasteiger charge is -1.97. The second-order valence-electron chi connectivity index (χ2n) is 4.67. The molecule has 0 amide bonds. The molecule has 2 heterocycles. The van der Waals surface area contributed by atoms with Gasteiger partial charge in [-0.3, -0.25) is 4.79 Å². The second-order valence-corrected chi connectivity index (χ2v) is 7.92. The molecule has 114 valence electrons. The molecular weight excluding hydrogens is 334 g/mol. The number of anilines is 1. The zero-order valence-electron chi connectivity index (χ0n) is 12.3. The average molecular weight is 350 g/mol. The minimum absolute atomic E-state index is 0.156. The van der Waals surface area contributed by atoms with Crippen molar-refractivity contribution in [2.75, 3.05) is 17.6 Å². The van der Waals surface area contributed by atoms with Gasteiger partial charge in [0.15, 0.2) is 10.1 Å². The summed E-state index contributed by atoms with van der Waals surface area (Å²) < 4.78 is 1.99. The van der Waals surface area contributed by atoms with Gasteiger partial charge >= 0.3 is 0 Å². The summed E-state index contributed by atoms with van der Waals surface area (Å²) in [6.07, 6.45) is 0. The standard InChI is InChI=1S/C15H15N3OS3/c1-3-16-14-17-18-15(22-14)20-8-11(19)13-9(2)10-6-4-5-7-12(10)21-13/h4-7H,3,8H2,1-2H3,(H,16,17). The SMILES string of the molecule is CCNc1nnc(SCC(=O)c2sc3ccccc3c2C)s1. The van der Waals surface area contributed by atoms with Crippen LogP contribution in [0.1, 0.15) is 22.2 Å². The minimum Gasteiger partial charge on any atom is -0.360 e. The highest BCUT2D eigenvalue weighted by Crippen LogP contribution is 2.32. The molecule has 0 saturated carbocycles. The zero-order valence-corrected chi connectivity index (χ0v) is 14.7. The molecule has 0 radical (unpaired) electrons. The molecule has 0 aliphatic heterocycles. The van der Waals surface area contributed by atoms with Crippen LogP contribution in [0.4, 0.5) is 5.13 Å². The molecular formula is C15H15N3OS3. The lowest BCUT2D eigenvalue weighted by Crippen LogP contribution is -2.01. The third kappa shape index (κ3) is 3.16. The van der Waals surface area contributed by atoms with Crippen LogP contribution in [0.15, 0.2) is 28.6 Å². The molecule has 0 fully saturated rings. The van der Waals surface area contributed by atoms with E-state index in [9.17, 15) is 4.79 Å². The molecule has 0 spiro atoms. The van der Waals surface area contributed by atoms with E-state index in [0.717, 1.165) is 26.5 Å². The summed E-state index contributed by atoms with van der Waals surface area (Å²) in [5.74, 6) is 0.554. The summed E-state index contributed by atoms with van der Waals surface area (Å²) in [6, 6.07) is 8.14. The number of nitrogens with one attached hydrogen (secondary N) is 1. The molecule has 1 aromatic carbocycles. The van der Waals surface area contributed by atoms with Crippen LogP contribution in [0, 0.1) is 6.92 Å². The van der Waals surface area contributed by atoms with Gasteiger partial charge in [0.25, 0.3) is 0 Å². The number of benzene rings is 1. The molecule has 4 nitrogen and oxygen atoms in total. The summed E-state index contributed by atoms with van der Waals surface area (Å²) in [5, 5.41) is 13.2. The van der Waals surface area contributed by atoms with E-state index in [-0.39, 0.29) is 5.78 Å². The first-order chi connectivity index (χ1) is 10.7. The fourth-order valence-corrected chi connectivity index (χ4v) is 5.05. The molecule has 0 aliphatic carbocycles. The highest BCUT2D eigenvalue weighted by atomic mass is 32.2. The number of carbonyl (C=O) groups excluding carboxylic acids is 1. The van der Waals surface area contributed by atoms with Crippen molar-refractivity contribution in [1.29, 1.82) is 0 Å². The van der Waals surface area contributed by atoms with E-state index in [0.29, 0.717) is 5.75 Å². The Morgan fingerprint density at radius 3 is 2.86 bits per heavy atom. The number of aryl methyl sites for hydroxylation is 1. The van der Waals surface area contributed by atoms with Crippen LogP contribution in [-0.2, 0) is 0 Å². The number of ketones is 1. The summed E-state index contributed by atoms with van der Waals surface area (Å²) in [7, 11) is 0. The van der Waals surface area contributed by atoms with E-state index in [2.05, 4.69) is 27.6 Å². The van der Waals surface area contributed by atoms with Crippen molar-refractivity contribution in [2.45, 2.75) is 18.2 Å². The molecule has 1 N–H and O–H groups in total. The number of nitrogens with zero attached hydrogens (tertiary/aromatic N) is 2. The predicted molar refractivity (Wildman–Crippen MR) is 95.7 cm³/mol. The van der Waals surface area contributed by atoms with Crippen molar-refractivity contribution < 1.29 is 4.79 Å². The zero-order chi connectivity index (χ0) is 15.5. The second kappa shape index (κ2) is 6.76. The van der Waals surface area contributed by atoms with Gasteiger partial charge in [0, 0.05) is 11.2 Å². The van der Waals surface area contributed by atoms with Crippen LogP contribution >= 0.6 is 34.4 Å². The largest absolute Gasteiger partial charge is 0.360 e. The van der Waals surface area contributed by atoms with Crippen LogP contribution in [0.3, 0.4) is 0 Å². The first-order valence-electron chi connectivity index (χ1n) is 6.90. The number of Topliss-reactive ketones (excluding diaryl/α,β-unsaturated/α-hetero) is 1. The van der Waals surface area contributed by atoms with Crippen LogP contribution in [0.5, 0.6) is 0 Å². The molecule has 0 aliphatic rings. The van der Waals surface area contributed by atoms with Crippen molar-refractivity contribution in [1.82, 2.24) is 10.2 Å². The lowest BCUT2D eigenvalue weighted by molar-refractivity contribution is 0.102. The Kier molecular flexibility index (Phi) is 4.75. The number of hydrogen-bond acceptors (Lipinski definition) is 7. The molecule has 7 heteroatoms. The van der Waals surface area contributed by atoms with Gasteiger partial charge in [-0.2, -0.15) is 0 Å². The maximum absolute atomic E-state index is 12.5. The monoisotopic (exact) mass is 349 g/mol. The van der Waals surface area contributed by atoms with Gasteiger partial charge in [-0.15, -0.1) is 21.5 Å². The van der Waals surface area contributed by atoms with Gasteiger partial charge in [0.1, 0.15) is 0 Å². The summed E-state index contributed by atoms with van der Waals surface area (Å²) in [5.41, 5.74) is 1.08. The van der Waals surface area contributed by atoms with Crippen LogP contribution in [0.2, 0.25) is 0 Å². The van der Waals surface area contributed by atoms with Crippen molar-refractivity contribution >= 4 is 55.4 Å². The molecule has 3 rings (SSSR count). The number of hydrogen-bond donors (Lipinski definition) is 1. The van der Waals surface area contributed by atoms with E-state index in [4.69, 9.17) is 0 Å². The maximum Gasteiger partial charge on any atom is 0.206 e. The Balaban J connectivity index is 1.71. The summed E-state index contributed by atoms with van der Waals surface area (Å²) in [4.78, 5) is 13.3. The molecule has 3 aromatic rings. The fourth-order valence-electron chi connectivity index (χ4n) is 2.12. The van der Waals surface area contributed by atoms with Crippen LogP contribution < -0.4 is 5.32 Å². The van der Waals surface area contributed by atoms with Crippen LogP contribution in [-0.4, -0.2) is 28.3 Å². The Morgan fingerprint density at radius 1 is 1.27 bits per heavy atom. The number of thiophene rings is 1. The number of carbonyl (C=O) groups is 1. The van der Waals surface area contributed by atoms with Gasteiger partial charge in [0.2, 0.25) is 5.13 Å². The number of aromatic nitrogens is 2. The van der Waals surface area contributed by atoms with Crippen molar-refractivity contribution in [3.05, 3.63) is 34.7 Å². The molecule has 0 unspecified atom stereocenters. The third-order valence-corrected chi connectivity index (χ3v) is 6.49. The van der Waals surface area contributed by atoms with Crippen molar-refractivity contribution in [3.8, 4) is 0 Å². The molecule has 22 heavy (non-hydrogen) atoms. The Labute approximate surface area is 141 Å². The van der Waals surface area contributed by atoms with Crippen LogP contribution in [0.25, 0.3) is 10.1 Å². The Bertz CT molecular complexity index is 809. The molecule has 0 saturated heterocycles. The van der Waals surface area contributed by atoms with Crippen molar-refractivity contribution in [2.24, 2.45) is 0 Å². The lowest BCUT2D eigenvalue weighted by atomic mass is 10.1. The van der Waals surface area contributed by atoms with Gasteiger partial charge in [-0.1, -0.05) is 41.3 Å². The fraction of sp³-hybridized carbons (Fsp3) is 0.267. The molecule has 0 atom stereocenters. The van der Waals surface area contributed by atoms with E-state index in [1.807, 2.05) is 26.0 Å². The quantitative estimate of drug-likeness (QED) is 0.526. The van der Waals surface area contributed by atoms with E-state index < -0.39 is 0 Å². The van der Waals surface area contributed by atoms with E-state index in [1.165, 1.54) is 33.2 Å². The van der Waals surface area contributed by atoms with Gasteiger partial charge in [-0.05, 0) is 30.9 Å². The topological polar surface area (TPSA) is 54.9 Å². The Morgan fingerprint density at radius 2 is 2.09 bits per heavy atom. The number of fused-ring (bicyclic) bond motifs is 1. The summed E-state index contributed by atoms with van der Waals surface area (Å²) in [6.45, 7) is 4.85. The van der Waals surface area contributed by atoms with E-state index in [1.54, 1.807) is 11.3 Å².